The minimum atomic E-state index is -1.69. The van der Waals surface area contributed by atoms with E-state index < -0.39 is 19.0 Å². The third-order valence-electron chi connectivity index (χ3n) is 3.40. The van der Waals surface area contributed by atoms with Gasteiger partial charge in [0.25, 0.3) is 0 Å². The van der Waals surface area contributed by atoms with Gasteiger partial charge in [-0.2, -0.15) is 0 Å². The molecule has 1 aromatic carbocycles. The quantitative estimate of drug-likeness (QED) is 0.470. The molecule has 2 amide bonds. The van der Waals surface area contributed by atoms with Crippen LogP contribution in [0.4, 0.5) is 0 Å². The summed E-state index contributed by atoms with van der Waals surface area (Å²) in [6.07, 6.45) is 1.43. The number of nitrogens with zero attached hydrogens (tertiary/aromatic N) is 1. The molecule has 0 fully saturated rings. The van der Waals surface area contributed by atoms with Crippen molar-refractivity contribution in [2.75, 3.05) is 6.54 Å². The highest BCUT2D eigenvalue weighted by Crippen LogP contribution is 2.05. The summed E-state index contributed by atoms with van der Waals surface area (Å²) in [7, 11) is -1.69. The third-order valence-corrected chi connectivity index (χ3v) is 3.40. The summed E-state index contributed by atoms with van der Waals surface area (Å²) in [5.41, 5.74) is 0.869. The number of amides is 2. The fourth-order valence-corrected chi connectivity index (χ4v) is 2.14. The van der Waals surface area contributed by atoms with Crippen molar-refractivity contribution in [3.8, 4) is 0 Å². The Labute approximate surface area is 137 Å². The Bertz CT molecular complexity index is 534. The Balaban J connectivity index is 2.70. The molecular weight excluding hydrogens is 295 g/mol. The van der Waals surface area contributed by atoms with E-state index in [9.17, 15) is 19.6 Å². The summed E-state index contributed by atoms with van der Waals surface area (Å²) in [6, 6.07) is 9.03. The highest BCUT2D eigenvalue weighted by atomic mass is 16.4. The predicted molar refractivity (Wildman–Crippen MR) is 89.3 cm³/mol. The lowest BCUT2D eigenvalue weighted by Gasteiger charge is -2.26. The van der Waals surface area contributed by atoms with Gasteiger partial charge >= 0.3 is 7.12 Å². The topological polar surface area (TPSA) is 89.9 Å². The van der Waals surface area contributed by atoms with E-state index in [1.54, 1.807) is 13.8 Å². The van der Waals surface area contributed by atoms with E-state index in [4.69, 9.17) is 0 Å². The van der Waals surface area contributed by atoms with Crippen LogP contribution in [-0.2, 0) is 16.0 Å². The first-order valence-electron chi connectivity index (χ1n) is 7.47. The van der Waals surface area contributed by atoms with Crippen molar-refractivity contribution < 1.29 is 19.6 Å². The molecule has 124 valence electrons. The molecule has 0 aromatic heterocycles. The maximum absolute atomic E-state index is 12.1. The number of carbonyl (C=O) groups is 2. The van der Waals surface area contributed by atoms with Gasteiger partial charge in [-0.25, -0.2) is 0 Å². The molecule has 0 spiro atoms. The molecule has 0 radical (unpaired) electrons. The number of hydrogen-bond acceptors (Lipinski definition) is 4. The molecule has 0 bridgehead atoms. The zero-order valence-electron chi connectivity index (χ0n) is 13.5. The minimum absolute atomic E-state index is 0.166. The maximum atomic E-state index is 12.1. The highest BCUT2D eigenvalue weighted by Gasteiger charge is 2.27. The van der Waals surface area contributed by atoms with Crippen LogP contribution in [0.5, 0.6) is 0 Å². The summed E-state index contributed by atoms with van der Waals surface area (Å²) in [5, 5.41) is 21.5. The van der Waals surface area contributed by atoms with Gasteiger partial charge in [-0.1, -0.05) is 36.9 Å². The van der Waals surface area contributed by atoms with E-state index in [-0.39, 0.29) is 24.9 Å². The molecule has 0 heterocycles. The van der Waals surface area contributed by atoms with E-state index in [1.165, 1.54) is 4.90 Å². The zero-order valence-corrected chi connectivity index (χ0v) is 13.5. The first-order valence-corrected chi connectivity index (χ1v) is 7.47. The Morgan fingerprint density at radius 2 is 1.91 bits per heavy atom. The van der Waals surface area contributed by atoms with Gasteiger partial charge in [-0.15, -0.1) is 0 Å². The molecule has 0 aliphatic carbocycles. The second-order valence-corrected chi connectivity index (χ2v) is 5.54. The smallest absolute Gasteiger partial charge is 0.426 e. The van der Waals surface area contributed by atoms with Crippen LogP contribution in [0.25, 0.3) is 0 Å². The van der Waals surface area contributed by atoms with Gasteiger partial charge in [0.05, 0.1) is 5.94 Å². The van der Waals surface area contributed by atoms with E-state index in [0.29, 0.717) is 0 Å². The highest BCUT2D eigenvalue weighted by molar-refractivity contribution is 6.43. The average Bonchev–Trinajstić information content (AvgIpc) is 2.51. The lowest BCUT2D eigenvalue weighted by Crippen LogP contribution is -2.52. The first kappa shape index (κ1) is 18.9. The van der Waals surface area contributed by atoms with E-state index in [0.717, 1.165) is 11.6 Å². The van der Waals surface area contributed by atoms with Gasteiger partial charge in [-0.3, -0.25) is 9.59 Å². The normalized spacial score (nSPS) is 11.7. The van der Waals surface area contributed by atoms with Gasteiger partial charge in [0, 0.05) is 6.04 Å². The maximum Gasteiger partial charge on any atom is 0.475 e. The van der Waals surface area contributed by atoms with Crippen LogP contribution in [0.1, 0.15) is 19.4 Å². The SMILES string of the molecule is C=CC(=O)N(CC(=O)NC(Cc1ccccc1)B(O)O)C(C)C. The third kappa shape index (κ3) is 6.26. The molecule has 0 saturated carbocycles. The van der Waals surface area contributed by atoms with Crippen LogP contribution in [-0.4, -0.2) is 52.4 Å². The molecule has 1 aromatic rings. The molecule has 3 N–H and O–H groups in total. The van der Waals surface area contributed by atoms with Gasteiger partial charge < -0.3 is 20.3 Å². The summed E-state index contributed by atoms with van der Waals surface area (Å²) >= 11 is 0. The zero-order chi connectivity index (χ0) is 17.4. The largest absolute Gasteiger partial charge is 0.475 e. The minimum Gasteiger partial charge on any atom is -0.426 e. The number of benzene rings is 1. The van der Waals surface area contributed by atoms with Gasteiger partial charge in [0.2, 0.25) is 11.8 Å². The van der Waals surface area contributed by atoms with Crippen molar-refractivity contribution in [1.82, 2.24) is 10.2 Å². The van der Waals surface area contributed by atoms with Gasteiger partial charge in [-0.05, 0) is 31.9 Å². The van der Waals surface area contributed by atoms with Crippen molar-refractivity contribution >= 4 is 18.9 Å². The van der Waals surface area contributed by atoms with Crippen molar-refractivity contribution in [3.05, 3.63) is 48.6 Å². The van der Waals surface area contributed by atoms with Crippen molar-refractivity contribution in [2.24, 2.45) is 0 Å². The van der Waals surface area contributed by atoms with Crippen LogP contribution in [0.2, 0.25) is 0 Å². The molecule has 23 heavy (non-hydrogen) atoms. The summed E-state index contributed by atoms with van der Waals surface area (Å²) in [6.45, 7) is 6.82. The molecule has 1 rings (SSSR count). The summed E-state index contributed by atoms with van der Waals surface area (Å²) in [4.78, 5) is 25.2. The fourth-order valence-electron chi connectivity index (χ4n) is 2.14. The molecular formula is C16H23BN2O4. The van der Waals surface area contributed by atoms with E-state index in [2.05, 4.69) is 11.9 Å². The Kier molecular flexibility index (Phi) is 7.51. The molecule has 1 unspecified atom stereocenters. The average molecular weight is 318 g/mol. The fraction of sp³-hybridized carbons (Fsp3) is 0.375. The summed E-state index contributed by atoms with van der Waals surface area (Å²) in [5.74, 6) is -1.65. The van der Waals surface area contributed by atoms with Crippen molar-refractivity contribution in [2.45, 2.75) is 32.3 Å². The molecule has 0 saturated heterocycles. The van der Waals surface area contributed by atoms with Crippen LogP contribution >= 0.6 is 0 Å². The lowest BCUT2D eigenvalue weighted by atomic mass is 9.76. The standard InChI is InChI=1S/C16H23BN2O4/c1-4-16(21)19(12(2)3)11-15(20)18-14(17(22)23)10-13-8-6-5-7-9-13/h4-9,12,14,22-23H,1,10-11H2,2-3H3,(H,18,20). The Hall–Kier alpha value is -2.12. The van der Waals surface area contributed by atoms with Crippen molar-refractivity contribution in [3.63, 3.8) is 0 Å². The molecule has 7 heteroatoms. The van der Waals surface area contributed by atoms with Crippen molar-refractivity contribution in [1.29, 1.82) is 0 Å². The number of hydrogen-bond donors (Lipinski definition) is 3. The lowest BCUT2D eigenvalue weighted by molar-refractivity contribution is -0.134. The van der Waals surface area contributed by atoms with E-state index in [1.807, 2.05) is 30.3 Å². The second kappa shape index (κ2) is 9.12. The Morgan fingerprint density at radius 3 is 2.39 bits per heavy atom. The number of nitrogens with one attached hydrogen (secondary N) is 1. The Morgan fingerprint density at radius 1 is 1.30 bits per heavy atom. The van der Waals surface area contributed by atoms with Gasteiger partial charge in [0.15, 0.2) is 0 Å². The van der Waals surface area contributed by atoms with Crippen LogP contribution in [0, 0.1) is 0 Å². The van der Waals surface area contributed by atoms with Crippen LogP contribution in [0.3, 0.4) is 0 Å². The molecule has 6 nitrogen and oxygen atoms in total. The molecule has 0 aliphatic heterocycles. The second-order valence-electron chi connectivity index (χ2n) is 5.54. The predicted octanol–water partition coefficient (Wildman–Crippen LogP) is 0.149. The first-order chi connectivity index (χ1) is 10.8. The van der Waals surface area contributed by atoms with Crippen LogP contribution < -0.4 is 5.32 Å². The molecule has 1 atom stereocenters. The van der Waals surface area contributed by atoms with Gasteiger partial charge in [0.1, 0.15) is 6.54 Å². The van der Waals surface area contributed by atoms with Crippen LogP contribution in [0.15, 0.2) is 43.0 Å². The van der Waals surface area contributed by atoms with E-state index >= 15 is 0 Å². The monoisotopic (exact) mass is 318 g/mol. The number of rotatable bonds is 8. The number of carbonyl (C=O) groups excluding carboxylic acids is 2. The summed E-state index contributed by atoms with van der Waals surface area (Å²) < 4.78 is 0. The molecule has 0 aliphatic rings.